The zero-order chi connectivity index (χ0) is 22.0. The minimum absolute atomic E-state index is 0.218. The molecule has 2 aromatic carbocycles. The zero-order valence-corrected chi connectivity index (χ0v) is 16.8. The van der Waals surface area contributed by atoms with Gasteiger partial charge in [-0.05, 0) is 37.3 Å². The molecular formula is C23H18O8. The topological polar surface area (TPSA) is 105 Å². The summed E-state index contributed by atoms with van der Waals surface area (Å²) in [5.41, 5.74) is -0.0354. The summed E-state index contributed by atoms with van der Waals surface area (Å²) >= 11 is 0. The van der Waals surface area contributed by atoms with E-state index < -0.39 is 17.2 Å². The summed E-state index contributed by atoms with van der Waals surface area (Å²) in [6.45, 7) is 1.71. The van der Waals surface area contributed by atoms with E-state index in [4.69, 9.17) is 23.0 Å². The molecule has 0 unspecified atom stereocenters. The monoisotopic (exact) mass is 422 g/mol. The van der Waals surface area contributed by atoms with Crippen molar-refractivity contribution < 1.29 is 27.8 Å². The van der Waals surface area contributed by atoms with Crippen LogP contribution < -0.4 is 20.7 Å². The SMILES string of the molecule is CCOC(=O)COc1ccc2cc(-c3cc(=O)oc4cc(OC)ccc34)c(=O)oc2c1. The van der Waals surface area contributed by atoms with Gasteiger partial charge in [0.05, 0.1) is 19.3 Å². The summed E-state index contributed by atoms with van der Waals surface area (Å²) in [6, 6.07) is 12.7. The van der Waals surface area contributed by atoms with Crippen LogP contribution in [0, 0.1) is 0 Å². The summed E-state index contributed by atoms with van der Waals surface area (Å²) in [5, 5.41) is 1.19. The highest BCUT2D eigenvalue weighted by atomic mass is 16.6. The molecule has 158 valence electrons. The van der Waals surface area contributed by atoms with Gasteiger partial charge in [-0.2, -0.15) is 0 Å². The van der Waals surface area contributed by atoms with Crippen molar-refractivity contribution in [3.05, 3.63) is 69.4 Å². The maximum absolute atomic E-state index is 12.7. The predicted octanol–water partition coefficient (Wildman–Crippen LogP) is 3.52. The van der Waals surface area contributed by atoms with Crippen LogP contribution in [0.4, 0.5) is 0 Å². The molecule has 0 aliphatic heterocycles. The summed E-state index contributed by atoms with van der Waals surface area (Å²) in [7, 11) is 1.51. The fraction of sp³-hybridized carbons (Fsp3) is 0.174. The number of ether oxygens (including phenoxy) is 3. The number of rotatable bonds is 6. The fourth-order valence-electron chi connectivity index (χ4n) is 3.21. The van der Waals surface area contributed by atoms with Crippen LogP contribution in [0.3, 0.4) is 0 Å². The van der Waals surface area contributed by atoms with E-state index in [-0.39, 0.29) is 24.4 Å². The Kier molecular flexibility index (Phi) is 5.44. The second-order valence-electron chi connectivity index (χ2n) is 6.58. The van der Waals surface area contributed by atoms with Gasteiger partial charge in [0, 0.05) is 34.5 Å². The zero-order valence-electron chi connectivity index (χ0n) is 16.8. The fourth-order valence-corrected chi connectivity index (χ4v) is 3.21. The Morgan fingerprint density at radius 1 is 0.903 bits per heavy atom. The number of carbonyl (C=O) groups is 1. The van der Waals surface area contributed by atoms with E-state index in [0.717, 1.165) is 0 Å². The van der Waals surface area contributed by atoms with Crippen LogP contribution in [0.1, 0.15) is 6.92 Å². The Morgan fingerprint density at radius 2 is 1.68 bits per heavy atom. The van der Waals surface area contributed by atoms with E-state index in [9.17, 15) is 14.4 Å². The molecule has 0 radical (unpaired) electrons. The lowest BCUT2D eigenvalue weighted by atomic mass is 10.0. The van der Waals surface area contributed by atoms with Crippen molar-refractivity contribution in [1.29, 1.82) is 0 Å². The van der Waals surface area contributed by atoms with Crippen molar-refractivity contribution in [2.24, 2.45) is 0 Å². The molecule has 0 spiro atoms. The quantitative estimate of drug-likeness (QED) is 0.343. The van der Waals surface area contributed by atoms with E-state index in [1.807, 2.05) is 0 Å². The number of esters is 1. The highest BCUT2D eigenvalue weighted by molar-refractivity contribution is 5.95. The number of benzene rings is 2. The lowest BCUT2D eigenvalue weighted by Crippen LogP contribution is -2.14. The minimum atomic E-state index is -0.627. The first-order chi connectivity index (χ1) is 15.0. The van der Waals surface area contributed by atoms with Gasteiger partial charge in [0.2, 0.25) is 0 Å². The molecule has 0 aliphatic rings. The van der Waals surface area contributed by atoms with Crippen LogP contribution in [0.2, 0.25) is 0 Å². The molecule has 8 heteroatoms. The Labute approximate surface area is 175 Å². The van der Waals surface area contributed by atoms with Gasteiger partial charge >= 0.3 is 17.2 Å². The molecule has 2 aromatic heterocycles. The van der Waals surface area contributed by atoms with Crippen LogP contribution in [0.25, 0.3) is 33.1 Å². The van der Waals surface area contributed by atoms with Crippen molar-refractivity contribution >= 4 is 27.9 Å². The lowest BCUT2D eigenvalue weighted by Gasteiger charge is -2.09. The molecule has 2 heterocycles. The average Bonchev–Trinajstić information content (AvgIpc) is 2.76. The molecule has 4 rings (SSSR count). The molecule has 4 aromatic rings. The standard InChI is InChI=1S/C23H18O8/c1-3-28-22(25)12-29-15-5-4-13-8-18(23(26)31-19(13)10-15)17-11-21(24)30-20-9-14(27-2)6-7-16(17)20/h4-11H,3,12H2,1-2H3. The highest BCUT2D eigenvalue weighted by Crippen LogP contribution is 2.30. The van der Waals surface area contributed by atoms with E-state index in [2.05, 4.69) is 0 Å². The maximum atomic E-state index is 12.7. The van der Waals surface area contributed by atoms with E-state index >= 15 is 0 Å². The molecule has 0 fully saturated rings. The predicted molar refractivity (Wildman–Crippen MR) is 113 cm³/mol. The van der Waals surface area contributed by atoms with Crippen LogP contribution >= 0.6 is 0 Å². The molecule has 0 aliphatic carbocycles. The largest absolute Gasteiger partial charge is 0.497 e. The van der Waals surface area contributed by atoms with E-state index in [0.29, 0.717) is 33.4 Å². The number of carbonyl (C=O) groups excluding carboxylic acids is 1. The highest BCUT2D eigenvalue weighted by Gasteiger charge is 2.15. The Balaban J connectivity index is 1.76. The molecular weight excluding hydrogens is 404 g/mol. The smallest absolute Gasteiger partial charge is 0.344 e. The van der Waals surface area contributed by atoms with Gasteiger partial charge in [-0.15, -0.1) is 0 Å². The molecule has 0 N–H and O–H groups in total. The van der Waals surface area contributed by atoms with Gasteiger partial charge in [0.1, 0.15) is 22.7 Å². The normalized spacial score (nSPS) is 10.9. The first-order valence-corrected chi connectivity index (χ1v) is 9.47. The summed E-state index contributed by atoms with van der Waals surface area (Å²) in [5.74, 6) is 0.383. The van der Waals surface area contributed by atoms with Crippen molar-refractivity contribution in [1.82, 2.24) is 0 Å². The number of hydrogen-bond donors (Lipinski definition) is 0. The number of methoxy groups -OCH3 is 1. The third-order valence-electron chi connectivity index (χ3n) is 4.61. The Morgan fingerprint density at radius 3 is 2.45 bits per heavy atom. The first kappa shape index (κ1) is 20.2. The number of hydrogen-bond acceptors (Lipinski definition) is 8. The van der Waals surface area contributed by atoms with E-state index in [1.54, 1.807) is 43.3 Å². The second-order valence-corrected chi connectivity index (χ2v) is 6.58. The molecule has 8 nitrogen and oxygen atoms in total. The van der Waals surface area contributed by atoms with Crippen molar-refractivity contribution in [3.63, 3.8) is 0 Å². The first-order valence-electron chi connectivity index (χ1n) is 9.47. The van der Waals surface area contributed by atoms with Crippen LogP contribution in [-0.4, -0.2) is 26.3 Å². The Hall–Kier alpha value is -4.07. The minimum Gasteiger partial charge on any atom is -0.497 e. The maximum Gasteiger partial charge on any atom is 0.344 e. The molecule has 0 amide bonds. The number of fused-ring (bicyclic) bond motifs is 2. The van der Waals surface area contributed by atoms with Gasteiger partial charge in [-0.25, -0.2) is 14.4 Å². The second kappa shape index (κ2) is 8.35. The molecule has 0 bridgehead atoms. The van der Waals surface area contributed by atoms with Gasteiger partial charge < -0.3 is 23.0 Å². The van der Waals surface area contributed by atoms with Gasteiger partial charge in [-0.3, -0.25) is 0 Å². The summed E-state index contributed by atoms with van der Waals surface area (Å²) < 4.78 is 26.1. The van der Waals surface area contributed by atoms with E-state index in [1.165, 1.54) is 19.2 Å². The van der Waals surface area contributed by atoms with Crippen molar-refractivity contribution in [3.8, 4) is 22.6 Å². The van der Waals surface area contributed by atoms with Crippen molar-refractivity contribution in [2.75, 3.05) is 20.3 Å². The molecule has 0 saturated carbocycles. The third-order valence-corrected chi connectivity index (χ3v) is 4.61. The molecule has 31 heavy (non-hydrogen) atoms. The summed E-state index contributed by atoms with van der Waals surface area (Å²) in [6.07, 6.45) is 0. The third kappa shape index (κ3) is 4.13. The van der Waals surface area contributed by atoms with Gasteiger partial charge in [0.25, 0.3) is 0 Å². The van der Waals surface area contributed by atoms with Gasteiger partial charge in [-0.1, -0.05) is 0 Å². The summed E-state index contributed by atoms with van der Waals surface area (Å²) in [4.78, 5) is 36.3. The van der Waals surface area contributed by atoms with Crippen molar-refractivity contribution in [2.45, 2.75) is 6.92 Å². The van der Waals surface area contributed by atoms with Crippen LogP contribution in [0.5, 0.6) is 11.5 Å². The average molecular weight is 422 g/mol. The van der Waals surface area contributed by atoms with Gasteiger partial charge in [0.15, 0.2) is 6.61 Å². The molecule has 0 saturated heterocycles. The van der Waals surface area contributed by atoms with Crippen LogP contribution in [0.15, 0.2) is 67.0 Å². The Bertz CT molecular complexity index is 1400. The van der Waals surface area contributed by atoms with Crippen LogP contribution in [-0.2, 0) is 9.53 Å². The molecule has 0 atom stereocenters. The lowest BCUT2D eigenvalue weighted by molar-refractivity contribution is -0.145.